The first-order valence-corrected chi connectivity index (χ1v) is 7.29. The fraction of sp³-hybridized carbons (Fsp3) is 0.467. The van der Waals surface area contributed by atoms with Crippen LogP contribution in [-0.2, 0) is 9.53 Å². The SMILES string of the molecule is COc1ccc(Cl)cc1C(=O)NCC1(C(=O)O)CCOCC1. The van der Waals surface area contributed by atoms with Crippen molar-refractivity contribution < 1.29 is 24.2 Å². The predicted octanol–water partition coefficient (Wildman–Crippen LogP) is 1.96. The van der Waals surface area contributed by atoms with E-state index in [0.717, 1.165) is 0 Å². The maximum Gasteiger partial charge on any atom is 0.311 e. The summed E-state index contributed by atoms with van der Waals surface area (Å²) in [4.78, 5) is 23.9. The number of ether oxygens (including phenoxy) is 2. The number of aliphatic carboxylic acids is 1. The van der Waals surface area contributed by atoms with Crippen molar-refractivity contribution in [3.05, 3.63) is 28.8 Å². The zero-order valence-electron chi connectivity index (χ0n) is 12.2. The van der Waals surface area contributed by atoms with Crippen LogP contribution in [0.15, 0.2) is 18.2 Å². The Balaban J connectivity index is 2.11. The quantitative estimate of drug-likeness (QED) is 0.863. The van der Waals surface area contributed by atoms with Gasteiger partial charge in [0.15, 0.2) is 0 Å². The van der Waals surface area contributed by atoms with Gasteiger partial charge >= 0.3 is 5.97 Å². The molecule has 1 fully saturated rings. The summed E-state index contributed by atoms with van der Waals surface area (Å²) >= 11 is 5.90. The Morgan fingerprint density at radius 3 is 2.68 bits per heavy atom. The zero-order valence-corrected chi connectivity index (χ0v) is 13.0. The van der Waals surface area contributed by atoms with Gasteiger partial charge in [-0.1, -0.05) is 11.6 Å². The number of benzene rings is 1. The number of rotatable bonds is 5. The maximum atomic E-state index is 12.3. The number of methoxy groups -OCH3 is 1. The first kappa shape index (κ1) is 16.6. The Morgan fingerprint density at radius 1 is 1.41 bits per heavy atom. The van der Waals surface area contributed by atoms with Gasteiger partial charge in [-0.3, -0.25) is 9.59 Å². The molecule has 1 aromatic carbocycles. The molecule has 0 radical (unpaired) electrons. The molecule has 0 bridgehead atoms. The topological polar surface area (TPSA) is 84.9 Å². The molecule has 0 aliphatic carbocycles. The van der Waals surface area contributed by atoms with Crippen molar-refractivity contribution >= 4 is 23.5 Å². The van der Waals surface area contributed by atoms with E-state index in [-0.39, 0.29) is 12.1 Å². The van der Waals surface area contributed by atoms with Gasteiger partial charge in [0.25, 0.3) is 5.91 Å². The molecule has 1 heterocycles. The minimum absolute atomic E-state index is 0.0419. The number of hydrogen-bond acceptors (Lipinski definition) is 4. The summed E-state index contributed by atoms with van der Waals surface area (Å²) in [7, 11) is 1.46. The van der Waals surface area contributed by atoms with E-state index in [1.54, 1.807) is 12.1 Å². The van der Waals surface area contributed by atoms with Crippen LogP contribution < -0.4 is 10.1 Å². The average molecular weight is 328 g/mol. The van der Waals surface area contributed by atoms with Gasteiger partial charge in [0.2, 0.25) is 0 Å². The van der Waals surface area contributed by atoms with Crippen LogP contribution in [0.2, 0.25) is 5.02 Å². The second-order valence-electron chi connectivity index (χ2n) is 5.23. The van der Waals surface area contributed by atoms with Gasteiger partial charge in [-0.05, 0) is 31.0 Å². The Hall–Kier alpha value is -1.79. The third-order valence-electron chi connectivity index (χ3n) is 3.90. The summed E-state index contributed by atoms with van der Waals surface area (Å²) in [6.07, 6.45) is 0.741. The molecule has 2 N–H and O–H groups in total. The number of halogens is 1. The summed E-state index contributed by atoms with van der Waals surface area (Å²) in [5, 5.41) is 12.6. The molecule has 1 aliphatic heterocycles. The Labute approximate surface area is 133 Å². The molecule has 6 nitrogen and oxygen atoms in total. The molecule has 1 aromatic rings. The normalized spacial score (nSPS) is 16.8. The van der Waals surface area contributed by atoms with Crippen LogP contribution in [0.5, 0.6) is 5.75 Å². The van der Waals surface area contributed by atoms with E-state index >= 15 is 0 Å². The number of carbonyl (C=O) groups is 2. The van der Waals surface area contributed by atoms with Gasteiger partial charge in [0, 0.05) is 24.8 Å². The fourth-order valence-electron chi connectivity index (χ4n) is 2.43. The van der Waals surface area contributed by atoms with E-state index in [1.165, 1.54) is 13.2 Å². The first-order chi connectivity index (χ1) is 10.5. The molecular weight excluding hydrogens is 310 g/mol. The molecule has 0 saturated carbocycles. The minimum atomic E-state index is -0.986. The number of hydrogen-bond donors (Lipinski definition) is 2. The van der Waals surface area contributed by atoms with Gasteiger partial charge in [0.1, 0.15) is 5.75 Å². The predicted molar refractivity (Wildman–Crippen MR) is 80.5 cm³/mol. The van der Waals surface area contributed by atoms with E-state index < -0.39 is 17.3 Å². The lowest BCUT2D eigenvalue weighted by molar-refractivity contribution is -0.154. The fourth-order valence-corrected chi connectivity index (χ4v) is 2.60. The second-order valence-corrected chi connectivity index (χ2v) is 5.66. The highest BCUT2D eigenvalue weighted by atomic mass is 35.5. The Kier molecular flexibility index (Phi) is 5.26. The first-order valence-electron chi connectivity index (χ1n) is 6.91. The molecule has 22 heavy (non-hydrogen) atoms. The van der Waals surface area contributed by atoms with Crippen LogP contribution in [0.4, 0.5) is 0 Å². The molecule has 1 amide bonds. The van der Waals surface area contributed by atoms with E-state index in [0.29, 0.717) is 36.8 Å². The third-order valence-corrected chi connectivity index (χ3v) is 4.13. The lowest BCUT2D eigenvalue weighted by atomic mass is 9.80. The number of amides is 1. The summed E-state index contributed by atoms with van der Waals surface area (Å²) in [5.41, 5.74) is -0.706. The lowest BCUT2D eigenvalue weighted by Crippen LogP contribution is -2.46. The van der Waals surface area contributed by atoms with Gasteiger partial charge in [-0.15, -0.1) is 0 Å². The summed E-state index contributed by atoms with van der Waals surface area (Å²) in [5.74, 6) is -0.945. The maximum absolute atomic E-state index is 12.3. The number of carbonyl (C=O) groups excluding carboxylic acids is 1. The van der Waals surface area contributed by atoms with Crippen LogP contribution in [0.25, 0.3) is 0 Å². The Bertz CT molecular complexity index is 569. The molecule has 120 valence electrons. The second kappa shape index (κ2) is 6.98. The average Bonchev–Trinajstić information content (AvgIpc) is 2.53. The van der Waals surface area contributed by atoms with Crippen LogP contribution in [0.1, 0.15) is 23.2 Å². The molecule has 0 unspecified atom stereocenters. The van der Waals surface area contributed by atoms with E-state index in [1.807, 2.05) is 0 Å². The lowest BCUT2D eigenvalue weighted by Gasteiger charge is -2.33. The van der Waals surface area contributed by atoms with Crippen LogP contribution in [0.3, 0.4) is 0 Å². The van der Waals surface area contributed by atoms with E-state index in [2.05, 4.69) is 5.32 Å². The van der Waals surface area contributed by atoms with Crippen molar-refractivity contribution in [1.82, 2.24) is 5.32 Å². The van der Waals surface area contributed by atoms with Gasteiger partial charge in [0.05, 0.1) is 18.1 Å². The monoisotopic (exact) mass is 327 g/mol. The minimum Gasteiger partial charge on any atom is -0.496 e. The van der Waals surface area contributed by atoms with Crippen molar-refractivity contribution in [3.63, 3.8) is 0 Å². The molecule has 0 aromatic heterocycles. The Morgan fingerprint density at radius 2 is 2.09 bits per heavy atom. The number of carboxylic acid groups (broad SMARTS) is 1. The van der Waals surface area contributed by atoms with Crippen molar-refractivity contribution in [2.24, 2.45) is 5.41 Å². The van der Waals surface area contributed by atoms with E-state index in [9.17, 15) is 14.7 Å². The van der Waals surface area contributed by atoms with Crippen molar-refractivity contribution in [2.75, 3.05) is 26.9 Å². The standard InChI is InChI=1S/C15H18ClNO5/c1-21-12-3-2-10(16)8-11(12)13(18)17-9-15(14(19)20)4-6-22-7-5-15/h2-3,8H,4-7,9H2,1H3,(H,17,18)(H,19,20). The smallest absolute Gasteiger partial charge is 0.311 e. The molecular formula is C15H18ClNO5. The highest BCUT2D eigenvalue weighted by molar-refractivity contribution is 6.31. The molecule has 1 saturated heterocycles. The third kappa shape index (κ3) is 3.51. The van der Waals surface area contributed by atoms with Gasteiger partial charge < -0.3 is 19.9 Å². The highest BCUT2D eigenvalue weighted by Crippen LogP contribution is 2.30. The van der Waals surface area contributed by atoms with E-state index in [4.69, 9.17) is 21.1 Å². The zero-order chi connectivity index (χ0) is 16.2. The van der Waals surface area contributed by atoms with Gasteiger partial charge in [-0.2, -0.15) is 0 Å². The van der Waals surface area contributed by atoms with Crippen LogP contribution in [0, 0.1) is 5.41 Å². The summed E-state index contributed by atoms with van der Waals surface area (Å²) in [6, 6.07) is 4.71. The molecule has 0 atom stereocenters. The molecule has 1 aliphatic rings. The summed E-state index contributed by atoms with van der Waals surface area (Å²) < 4.78 is 10.3. The van der Waals surface area contributed by atoms with Gasteiger partial charge in [-0.25, -0.2) is 0 Å². The van der Waals surface area contributed by atoms with Crippen LogP contribution in [-0.4, -0.2) is 43.9 Å². The molecule has 0 spiro atoms. The summed E-state index contributed by atoms with van der Waals surface area (Å²) in [6.45, 7) is 0.797. The number of carboxylic acids is 1. The molecule has 7 heteroatoms. The van der Waals surface area contributed by atoms with Crippen molar-refractivity contribution in [1.29, 1.82) is 0 Å². The van der Waals surface area contributed by atoms with Crippen molar-refractivity contribution in [3.8, 4) is 5.75 Å². The molecule has 2 rings (SSSR count). The van der Waals surface area contributed by atoms with Crippen molar-refractivity contribution in [2.45, 2.75) is 12.8 Å². The number of nitrogens with one attached hydrogen (secondary N) is 1. The largest absolute Gasteiger partial charge is 0.496 e. The van der Waals surface area contributed by atoms with Crippen LogP contribution >= 0.6 is 11.6 Å². The highest BCUT2D eigenvalue weighted by Gasteiger charge is 2.40.